The van der Waals surface area contributed by atoms with Crippen molar-refractivity contribution in [2.24, 2.45) is 0 Å². The van der Waals surface area contributed by atoms with Crippen molar-refractivity contribution < 1.29 is 4.74 Å². The molecule has 1 aromatic carbocycles. The molecule has 0 aliphatic heterocycles. The number of allylic oxidation sites excluding steroid dienone is 1. The third-order valence-corrected chi connectivity index (χ3v) is 2.83. The topological polar surface area (TPSA) is 101 Å². The Kier molecular flexibility index (Phi) is 4.53. The number of methoxy groups -OCH3 is 1. The quantitative estimate of drug-likeness (QED) is 0.855. The van der Waals surface area contributed by atoms with Crippen LogP contribution in [0.1, 0.15) is 11.4 Å². The minimum Gasteiger partial charge on any atom is -0.497 e. The summed E-state index contributed by atoms with van der Waals surface area (Å²) in [5.74, 6) is 1.47. The average molecular weight is 296 g/mol. The Morgan fingerprint density at radius 1 is 1.23 bits per heavy atom. The first-order valence-corrected chi connectivity index (χ1v) is 6.48. The van der Waals surface area contributed by atoms with E-state index in [4.69, 9.17) is 10.5 Å². The maximum Gasteiger partial charge on any atom is 0.230 e. The maximum absolute atomic E-state index is 9.36. The minimum absolute atomic E-state index is 0.0737. The van der Waals surface area contributed by atoms with Crippen LogP contribution in [0.3, 0.4) is 0 Å². The first-order valence-electron chi connectivity index (χ1n) is 6.48. The number of hydrogen-bond donors (Lipinski definition) is 1. The Balaban J connectivity index is 2.43. The number of aromatic nitrogens is 3. The second kappa shape index (κ2) is 6.54. The van der Waals surface area contributed by atoms with Gasteiger partial charge in [-0.2, -0.15) is 20.2 Å². The Morgan fingerprint density at radius 3 is 2.45 bits per heavy atom. The smallest absolute Gasteiger partial charge is 0.230 e. The standard InChI is InChI=1S/C15H16N6O/c1-21(2)15-19-13(18-14(17)20-15)11(9-16)8-10-4-6-12(22-3)7-5-10/h4-8H,1-3H3,(H2,17,18,19,20). The molecule has 22 heavy (non-hydrogen) atoms. The molecule has 0 amide bonds. The van der Waals surface area contributed by atoms with Crippen molar-refractivity contribution in [3.63, 3.8) is 0 Å². The Morgan fingerprint density at radius 2 is 1.91 bits per heavy atom. The number of rotatable bonds is 4. The third kappa shape index (κ3) is 3.49. The fourth-order valence-corrected chi connectivity index (χ4v) is 1.71. The summed E-state index contributed by atoms with van der Waals surface area (Å²) in [5, 5.41) is 9.36. The largest absolute Gasteiger partial charge is 0.497 e. The lowest BCUT2D eigenvalue weighted by atomic mass is 10.1. The third-order valence-electron chi connectivity index (χ3n) is 2.83. The number of hydrogen-bond acceptors (Lipinski definition) is 7. The molecule has 0 unspecified atom stereocenters. The van der Waals surface area contributed by atoms with Crippen LogP contribution in [0.15, 0.2) is 24.3 Å². The van der Waals surface area contributed by atoms with Crippen LogP contribution in [0.5, 0.6) is 5.75 Å². The van der Waals surface area contributed by atoms with Gasteiger partial charge in [0, 0.05) is 14.1 Å². The highest BCUT2D eigenvalue weighted by atomic mass is 16.5. The molecule has 1 aromatic heterocycles. The van der Waals surface area contributed by atoms with E-state index in [-0.39, 0.29) is 11.8 Å². The van der Waals surface area contributed by atoms with E-state index in [1.807, 2.05) is 24.3 Å². The highest BCUT2D eigenvalue weighted by Gasteiger charge is 2.10. The van der Waals surface area contributed by atoms with Gasteiger partial charge in [-0.3, -0.25) is 0 Å². The van der Waals surface area contributed by atoms with Gasteiger partial charge in [-0.15, -0.1) is 0 Å². The number of nitrogen functional groups attached to an aromatic ring is 1. The summed E-state index contributed by atoms with van der Waals surface area (Å²) in [6, 6.07) is 9.40. The van der Waals surface area contributed by atoms with Gasteiger partial charge in [0.1, 0.15) is 11.8 Å². The summed E-state index contributed by atoms with van der Waals surface area (Å²) in [6.07, 6.45) is 1.69. The molecule has 0 spiro atoms. The first-order chi connectivity index (χ1) is 10.5. The van der Waals surface area contributed by atoms with Gasteiger partial charge in [0.25, 0.3) is 0 Å². The minimum atomic E-state index is 0.0737. The number of nitrogens with zero attached hydrogens (tertiary/aromatic N) is 5. The SMILES string of the molecule is COc1ccc(C=C(C#N)c2nc(N)nc(N(C)C)n2)cc1. The van der Waals surface area contributed by atoms with Crippen molar-refractivity contribution in [3.05, 3.63) is 35.7 Å². The van der Waals surface area contributed by atoms with Gasteiger partial charge >= 0.3 is 0 Å². The molecule has 112 valence electrons. The molecule has 0 saturated heterocycles. The number of nitriles is 1. The van der Waals surface area contributed by atoms with Gasteiger partial charge in [0.2, 0.25) is 11.9 Å². The van der Waals surface area contributed by atoms with Crippen molar-refractivity contribution in [1.29, 1.82) is 5.26 Å². The summed E-state index contributed by atoms with van der Waals surface area (Å²) >= 11 is 0. The fourth-order valence-electron chi connectivity index (χ4n) is 1.71. The fraction of sp³-hybridized carbons (Fsp3) is 0.200. The van der Waals surface area contributed by atoms with Crippen molar-refractivity contribution in [3.8, 4) is 11.8 Å². The Bertz CT molecular complexity index is 731. The average Bonchev–Trinajstić information content (AvgIpc) is 2.52. The number of nitrogens with two attached hydrogens (primary N) is 1. The van der Waals surface area contributed by atoms with E-state index in [0.717, 1.165) is 11.3 Å². The number of benzene rings is 1. The molecule has 0 saturated carbocycles. The van der Waals surface area contributed by atoms with E-state index in [1.165, 1.54) is 0 Å². The lowest BCUT2D eigenvalue weighted by Gasteiger charge is -2.11. The summed E-state index contributed by atoms with van der Waals surface area (Å²) in [5.41, 5.74) is 6.82. The van der Waals surface area contributed by atoms with Crippen molar-refractivity contribution in [2.75, 3.05) is 31.8 Å². The van der Waals surface area contributed by atoms with Gasteiger partial charge < -0.3 is 15.4 Å². The molecular weight excluding hydrogens is 280 g/mol. The van der Waals surface area contributed by atoms with E-state index >= 15 is 0 Å². The lowest BCUT2D eigenvalue weighted by molar-refractivity contribution is 0.415. The summed E-state index contributed by atoms with van der Waals surface area (Å²) in [7, 11) is 5.18. The zero-order valence-corrected chi connectivity index (χ0v) is 12.6. The molecule has 0 aliphatic carbocycles. The highest BCUT2D eigenvalue weighted by Crippen LogP contribution is 2.19. The number of anilines is 2. The second-order valence-corrected chi connectivity index (χ2v) is 4.65. The molecule has 0 atom stereocenters. The van der Waals surface area contributed by atoms with Crippen LogP contribution in [0.4, 0.5) is 11.9 Å². The predicted molar refractivity (Wildman–Crippen MR) is 85.0 cm³/mol. The summed E-state index contributed by atoms with van der Waals surface area (Å²) < 4.78 is 5.10. The van der Waals surface area contributed by atoms with Gasteiger partial charge in [0.05, 0.1) is 12.7 Å². The monoisotopic (exact) mass is 296 g/mol. The summed E-state index contributed by atoms with van der Waals surface area (Å²) in [4.78, 5) is 14.0. The zero-order chi connectivity index (χ0) is 16.1. The molecule has 1 heterocycles. The molecule has 2 aromatic rings. The normalized spacial score (nSPS) is 10.9. The summed E-state index contributed by atoms with van der Waals surface area (Å²) in [6.45, 7) is 0. The van der Waals surface area contributed by atoms with Gasteiger partial charge in [0.15, 0.2) is 5.82 Å². The molecule has 0 aliphatic rings. The van der Waals surface area contributed by atoms with Crippen LogP contribution in [0, 0.1) is 11.3 Å². The Labute approximate surface area is 128 Å². The van der Waals surface area contributed by atoms with E-state index in [0.29, 0.717) is 11.5 Å². The second-order valence-electron chi connectivity index (χ2n) is 4.65. The number of ether oxygens (including phenoxy) is 1. The van der Waals surface area contributed by atoms with Crippen LogP contribution >= 0.6 is 0 Å². The Hall–Kier alpha value is -3.14. The van der Waals surface area contributed by atoms with Crippen molar-refractivity contribution in [2.45, 2.75) is 0 Å². The van der Waals surface area contributed by atoms with E-state index in [9.17, 15) is 5.26 Å². The first kappa shape index (κ1) is 15.3. The molecule has 0 radical (unpaired) electrons. The zero-order valence-electron chi connectivity index (χ0n) is 12.6. The molecule has 2 rings (SSSR count). The van der Waals surface area contributed by atoms with E-state index < -0.39 is 0 Å². The predicted octanol–water partition coefficient (Wildman–Crippen LogP) is 1.59. The maximum atomic E-state index is 9.36. The molecule has 7 nitrogen and oxygen atoms in total. The van der Waals surface area contributed by atoms with Crippen LogP contribution in [-0.4, -0.2) is 36.2 Å². The van der Waals surface area contributed by atoms with Crippen molar-refractivity contribution >= 4 is 23.5 Å². The van der Waals surface area contributed by atoms with Gasteiger partial charge in [-0.25, -0.2) is 0 Å². The highest BCUT2D eigenvalue weighted by molar-refractivity contribution is 5.87. The van der Waals surface area contributed by atoms with Crippen LogP contribution in [0.25, 0.3) is 11.6 Å². The van der Waals surface area contributed by atoms with Gasteiger partial charge in [-0.05, 0) is 23.8 Å². The molecule has 0 bridgehead atoms. The molecule has 0 fully saturated rings. The van der Waals surface area contributed by atoms with E-state index in [1.54, 1.807) is 32.2 Å². The van der Waals surface area contributed by atoms with Crippen molar-refractivity contribution in [1.82, 2.24) is 15.0 Å². The molecular formula is C15H16N6O. The lowest BCUT2D eigenvalue weighted by Crippen LogP contribution is -2.15. The van der Waals surface area contributed by atoms with Crippen LogP contribution in [0.2, 0.25) is 0 Å². The van der Waals surface area contributed by atoms with Crippen LogP contribution < -0.4 is 15.4 Å². The van der Waals surface area contributed by atoms with Gasteiger partial charge in [-0.1, -0.05) is 12.1 Å². The van der Waals surface area contributed by atoms with Crippen LogP contribution in [-0.2, 0) is 0 Å². The molecule has 7 heteroatoms. The van der Waals surface area contributed by atoms with E-state index in [2.05, 4.69) is 21.0 Å². The molecule has 2 N–H and O–H groups in total.